The number of hydrogen-bond donors (Lipinski definition) is 0. The molecule has 1 fully saturated rings. The van der Waals surface area contributed by atoms with Gasteiger partial charge in [-0.2, -0.15) is 0 Å². The van der Waals surface area contributed by atoms with Gasteiger partial charge in [0.2, 0.25) is 0 Å². The molecule has 0 spiro atoms. The van der Waals surface area contributed by atoms with Crippen LogP contribution in [0.2, 0.25) is 0 Å². The fraction of sp³-hybridized carbons (Fsp3) is 0.364. The smallest absolute Gasteiger partial charge is 0.260 e. The molecule has 3 aromatic rings. The van der Waals surface area contributed by atoms with E-state index in [-0.39, 0.29) is 18.3 Å². The van der Waals surface area contributed by atoms with Crippen LogP contribution in [0.5, 0.6) is 5.75 Å². The molecule has 1 amide bonds. The van der Waals surface area contributed by atoms with Gasteiger partial charge in [-0.25, -0.2) is 9.37 Å². The average Bonchev–Trinajstić information content (AvgIpc) is 3.20. The average molecular weight is 466 g/mol. The number of carbonyl (C=O) groups excluding carboxylic acids is 1. The summed E-state index contributed by atoms with van der Waals surface area (Å²) < 4.78 is 25.4. The molecular weight excluding hydrogens is 441 g/mol. The first-order valence-electron chi connectivity index (χ1n) is 9.96. The summed E-state index contributed by atoms with van der Waals surface area (Å²) in [5.74, 6) is 0.0420. The monoisotopic (exact) mass is 465 g/mol. The van der Waals surface area contributed by atoms with E-state index < -0.39 is 5.82 Å². The van der Waals surface area contributed by atoms with E-state index in [1.165, 1.54) is 23.5 Å². The van der Waals surface area contributed by atoms with Gasteiger partial charge in [0.25, 0.3) is 5.91 Å². The molecule has 166 valence electrons. The number of carbonyl (C=O) groups is 1. The zero-order valence-corrected chi connectivity index (χ0v) is 18.9. The number of aromatic nitrogens is 1. The molecule has 0 unspecified atom stereocenters. The van der Waals surface area contributed by atoms with Crippen LogP contribution < -0.4 is 9.64 Å². The molecule has 0 radical (unpaired) electrons. The highest BCUT2D eigenvalue weighted by atomic mass is 35.5. The molecule has 31 heavy (non-hydrogen) atoms. The van der Waals surface area contributed by atoms with Crippen molar-refractivity contribution in [2.75, 3.05) is 51.4 Å². The number of hydrogen-bond acceptors (Lipinski definition) is 6. The van der Waals surface area contributed by atoms with E-state index in [9.17, 15) is 9.18 Å². The summed E-state index contributed by atoms with van der Waals surface area (Å²) in [5, 5.41) is 0.606. The number of halogens is 2. The summed E-state index contributed by atoms with van der Waals surface area (Å²) in [6.45, 7) is 4.66. The SMILES string of the molecule is COc1ccc2sc(N(CCCN3CCOCC3)C(=O)c3cccc(F)c3)nc2c1.Cl. The second-order valence-corrected chi connectivity index (χ2v) is 8.11. The third-order valence-electron chi connectivity index (χ3n) is 5.09. The minimum absolute atomic E-state index is 0. The van der Waals surface area contributed by atoms with Gasteiger partial charge < -0.3 is 9.47 Å². The fourth-order valence-corrected chi connectivity index (χ4v) is 4.45. The zero-order valence-electron chi connectivity index (χ0n) is 17.3. The summed E-state index contributed by atoms with van der Waals surface area (Å²) in [4.78, 5) is 21.9. The van der Waals surface area contributed by atoms with Crippen molar-refractivity contribution in [3.05, 3.63) is 53.8 Å². The van der Waals surface area contributed by atoms with Crippen LogP contribution in [-0.2, 0) is 4.74 Å². The number of methoxy groups -OCH3 is 1. The van der Waals surface area contributed by atoms with Crippen molar-refractivity contribution in [2.45, 2.75) is 6.42 Å². The van der Waals surface area contributed by atoms with E-state index in [0.29, 0.717) is 17.2 Å². The second-order valence-electron chi connectivity index (χ2n) is 7.10. The Hall–Kier alpha value is -2.26. The lowest BCUT2D eigenvalue weighted by Crippen LogP contribution is -2.39. The Morgan fingerprint density at radius 1 is 1.26 bits per heavy atom. The molecule has 0 N–H and O–H groups in total. The Bertz CT molecular complexity index is 1030. The van der Waals surface area contributed by atoms with Crippen molar-refractivity contribution in [2.24, 2.45) is 0 Å². The molecule has 0 atom stereocenters. The molecule has 1 saturated heterocycles. The van der Waals surface area contributed by atoms with Crippen molar-refractivity contribution >= 4 is 45.0 Å². The largest absolute Gasteiger partial charge is 0.497 e. The Morgan fingerprint density at radius 3 is 2.81 bits per heavy atom. The van der Waals surface area contributed by atoms with Gasteiger partial charge in [-0.1, -0.05) is 17.4 Å². The first-order chi connectivity index (χ1) is 14.6. The highest BCUT2D eigenvalue weighted by molar-refractivity contribution is 7.22. The van der Waals surface area contributed by atoms with Crippen LogP contribution in [0.4, 0.5) is 9.52 Å². The van der Waals surface area contributed by atoms with Gasteiger partial charge in [-0.15, -0.1) is 12.4 Å². The summed E-state index contributed by atoms with van der Waals surface area (Å²) in [6, 6.07) is 11.5. The standard InChI is InChI=1S/C22H24FN3O3S.ClH/c1-28-18-6-7-20-19(15-18)24-22(30-20)26(9-3-8-25-10-12-29-13-11-25)21(27)16-4-2-5-17(23)14-16;/h2,4-7,14-15H,3,8-13H2,1H3;1H. The molecule has 4 rings (SSSR count). The number of benzene rings is 2. The van der Waals surface area contributed by atoms with Gasteiger partial charge in [-0.05, 0) is 36.8 Å². The predicted octanol–water partition coefficient (Wildman–Crippen LogP) is 4.23. The third kappa shape index (κ3) is 5.71. The van der Waals surface area contributed by atoms with Gasteiger partial charge in [0.15, 0.2) is 5.13 Å². The van der Waals surface area contributed by atoms with Gasteiger partial charge in [0, 0.05) is 37.8 Å². The van der Waals surface area contributed by atoms with Crippen LogP contribution in [-0.4, -0.2) is 62.3 Å². The lowest BCUT2D eigenvalue weighted by Gasteiger charge is -2.27. The third-order valence-corrected chi connectivity index (χ3v) is 6.15. The number of thiazole rings is 1. The van der Waals surface area contributed by atoms with Crippen molar-refractivity contribution in [1.29, 1.82) is 0 Å². The van der Waals surface area contributed by atoms with Crippen LogP contribution in [0.3, 0.4) is 0 Å². The Kier molecular flexibility index (Phi) is 8.20. The molecule has 1 aromatic heterocycles. The number of nitrogens with zero attached hydrogens (tertiary/aromatic N) is 3. The van der Waals surface area contributed by atoms with Crippen LogP contribution in [0.25, 0.3) is 10.2 Å². The lowest BCUT2D eigenvalue weighted by atomic mass is 10.2. The molecular formula is C22H25ClFN3O3S. The highest BCUT2D eigenvalue weighted by Crippen LogP contribution is 2.32. The number of rotatable bonds is 7. The van der Waals surface area contributed by atoms with Gasteiger partial charge in [-0.3, -0.25) is 14.6 Å². The number of ether oxygens (including phenoxy) is 2. The summed E-state index contributed by atoms with van der Waals surface area (Å²) in [7, 11) is 1.61. The number of amides is 1. The van der Waals surface area contributed by atoms with E-state index in [1.54, 1.807) is 24.1 Å². The number of morpholine rings is 1. The van der Waals surface area contributed by atoms with E-state index >= 15 is 0 Å². The molecule has 9 heteroatoms. The quantitative estimate of drug-likeness (QED) is 0.522. The Labute approximate surface area is 191 Å². The van der Waals surface area contributed by atoms with Crippen LogP contribution >= 0.6 is 23.7 Å². The maximum atomic E-state index is 13.7. The van der Waals surface area contributed by atoms with Crippen LogP contribution in [0.15, 0.2) is 42.5 Å². The maximum Gasteiger partial charge on any atom is 0.260 e. The topological polar surface area (TPSA) is 54.9 Å². The zero-order chi connectivity index (χ0) is 20.9. The Balaban J connectivity index is 0.00000272. The molecule has 0 saturated carbocycles. The first kappa shape index (κ1) is 23.4. The predicted molar refractivity (Wildman–Crippen MR) is 123 cm³/mol. The van der Waals surface area contributed by atoms with Gasteiger partial charge >= 0.3 is 0 Å². The van der Waals surface area contributed by atoms with Crippen molar-refractivity contribution in [3.63, 3.8) is 0 Å². The van der Waals surface area contributed by atoms with E-state index in [4.69, 9.17) is 9.47 Å². The first-order valence-corrected chi connectivity index (χ1v) is 10.8. The van der Waals surface area contributed by atoms with Crippen molar-refractivity contribution in [1.82, 2.24) is 9.88 Å². The summed E-state index contributed by atoms with van der Waals surface area (Å²) in [5.41, 5.74) is 1.10. The van der Waals surface area contributed by atoms with Crippen LogP contribution in [0, 0.1) is 5.82 Å². The molecule has 0 bridgehead atoms. The Morgan fingerprint density at radius 2 is 2.06 bits per heavy atom. The summed E-state index contributed by atoms with van der Waals surface area (Å²) in [6.07, 6.45) is 0.792. The number of anilines is 1. The van der Waals surface area contributed by atoms with E-state index in [1.807, 2.05) is 18.2 Å². The van der Waals surface area contributed by atoms with Crippen molar-refractivity contribution < 1.29 is 18.7 Å². The minimum atomic E-state index is -0.428. The highest BCUT2D eigenvalue weighted by Gasteiger charge is 2.22. The van der Waals surface area contributed by atoms with E-state index in [2.05, 4.69) is 9.88 Å². The van der Waals surface area contributed by atoms with Gasteiger partial charge in [0.05, 0.1) is 30.5 Å². The second kappa shape index (κ2) is 10.9. The van der Waals surface area contributed by atoms with Crippen molar-refractivity contribution in [3.8, 4) is 5.75 Å². The summed E-state index contributed by atoms with van der Waals surface area (Å²) >= 11 is 1.45. The molecule has 1 aliphatic rings. The fourth-order valence-electron chi connectivity index (χ4n) is 3.48. The normalized spacial score (nSPS) is 14.3. The van der Waals surface area contributed by atoms with Gasteiger partial charge in [0.1, 0.15) is 11.6 Å². The van der Waals surface area contributed by atoms with Crippen LogP contribution in [0.1, 0.15) is 16.8 Å². The van der Waals surface area contributed by atoms with E-state index in [0.717, 1.165) is 55.2 Å². The number of fused-ring (bicyclic) bond motifs is 1. The molecule has 2 heterocycles. The minimum Gasteiger partial charge on any atom is -0.497 e. The molecule has 0 aliphatic carbocycles. The lowest BCUT2D eigenvalue weighted by molar-refractivity contribution is 0.0376. The maximum absolute atomic E-state index is 13.7. The molecule has 6 nitrogen and oxygen atoms in total. The molecule has 2 aromatic carbocycles. The molecule has 1 aliphatic heterocycles.